The molecule has 0 radical (unpaired) electrons. The summed E-state index contributed by atoms with van der Waals surface area (Å²) in [6.45, 7) is 3.07. The van der Waals surface area contributed by atoms with Crippen LogP contribution in [-0.4, -0.2) is 18.2 Å². The second-order valence-electron chi connectivity index (χ2n) is 7.60. The molecule has 5 rings (SSSR count). The van der Waals surface area contributed by atoms with Crippen molar-refractivity contribution in [2.45, 2.75) is 38.5 Å². The lowest BCUT2D eigenvalue weighted by Crippen LogP contribution is -2.20. The standard InChI is InChI=1S/C24H24N2O2/c1-16-24-19(8-5-11-25-24)15-26(16)20-9-10-22(27-2)23(14-20)28-21-12-17-6-3-4-7-18(17)13-21/h3-11,14,16,21H,12-13,15H2,1-2H3. The lowest BCUT2D eigenvalue weighted by atomic mass is 10.1. The van der Waals surface area contributed by atoms with Crippen LogP contribution in [0.3, 0.4) is 0 Å². The van der Waals surface area contributed by atoms with Crippen LogP contribution in [0.1, 0.15) is 35.3 Å². The van der Waals surface area contributed by atoms with Crippen molar-refractivity contribution in [1.82, 2.24) is 4.98 Å². The molecule has 0 bridgehead atoms. The number of fused-ring (bicyclic) bond motifs is 2. The number of anilines is 1. The Morgan fingerprint density at radius 3 is 2.39 bits per heavy atom. The molecule has 142 valence electrons. The van der Waals surface area contributed by atoms with E-state index in [0.717, 1.165) is 42.3 Å². The van der Waals surface area contributed by atoms with E-state index >= 15 is 0 Å². The van der Waals surface area contributed by atoms with Gasteiger partial charge in [-0.3, -0.25) is 4.98 Å². The lowest BCUT2D eigenvalue weighted by Gasteiger charge is -2.25. The normalized spacial score (nSPS) is 18.1. The Labute approximate surface area is 165 Å². The highest BCUT2D eigenvalue weighted by Crippen LogP contribution is 2.40. The summed E-state index contributed by atoms with van der Waals surface area (Å²) in [7, 11) is 1.70. The molecule has 0 saturated carbocycles. The number of aromatic nitrogens is 1. The van der Waals surface area contributed by atoms with E-state index in [4.69, 9.17) is 9.47 Å². The predicted octanol–water partition coefficient (Wildman–Crippen LogP) is 4.72. The average Bonchev–Trinajstić information content (AvgIpc) is 3.28. The molecule has 1 aromatic heterocycles. The summed E-state index contributed by atoms with van der Waals surface area (Å²) in [5.41, 5.74) is 6.36. The van der Waals surface area contributed by atoms with Gasteiger partial charge in [-0.15, -0.1) is 0 Å². The van der Waals surface area contributed by atoms with Gasteiger partial charge in [0.1, 0.15) is 6.10 Å². The maximum atomic E-state index is 6.43. The molecule has 4 heteroatoms. The number of pyridine rings is 1. The van der Waals surface area contributed by atoms with Gasteiger partial charge in [-0.25, -0.2) is 0 Å². The fourth-order valence-corrected chi connectivity index (χ4v) is 4.46. The Bertz CT molecular complexity index is 992. The van der Waals surface area contributed by atoms with Gasteiger partial charge in [0, 0.05) is 37.3 Å². The SMILES string of the molecule is COc1ccc(N2Cc3cccnc3C2C)cc1OC1Cc2ccccc2C1. The molecule has 1 atom stereocenters. The van der Waals surface area contributed by atoms with Crippen LogP contribution in [0.2, 0.25) is 0 Å². The Hall–Kier alpha value is -3.01. The topological polar surface area (TPSA) is 34.6 Å². The van der Waals surface area contributed by atoms with Crippen LogP contribution in [0.4, 0.5) is 5.69 Å². The summed E-state index contributed by atoms with van der Waals surface area (Å²) < 4.78 is 12.0. The molecule has 0 fully saturated rings. The summed E-state index contributed by atoms with van der Waals surface area (Å²) in [5, 5.41) is 0. The zero-order chi connectivity index (χ0) is 19.1. The lowest BCUT2D eigenvalue weighted by molar-refractivity contribution is 0.204. The van der Waals surface area contributed by atoms with E-state index in [1.807, 2.05) is 18.3 Å². The van der Waals surface area contributed by atoms with E-state index in [-0.39, 0.29) is 12.1 Å². The fourth-order valence-electron chi connectivity index (χ4n) is 4.46. The van der Waals surface area contributed by atoms with E-state index < -0.39 is 0 Å². The number of ether oxygens (including phenoxy) is 2. The average molecular weight is 372 g/mol. The molecule has 3 aromatic rings. The molecule has 2 aromatic carbocycles. The Kier molecular flexibility index (Phi) is 4.19. The Morgan fingerprint density at radius 2 is 1.68 bits per heavy atom. The number of benzene rings is 2. The van der Waals surface area contributed by atoms with Crippen LogP contribution in [-0.2, 0) is 19.4 Å². The van der Waals surface area contributed by atoms with E-state index in [1.165, 1.54) is 16.7 Å². The Morgan fingerprint density at radius 1 is 0.929 bits per heavy atom. The first-order valence-electron chi connectivity index (χ1n) is 9.85. The van der Waals surface area contributed by atoms with E-state index in [1.54, 1.807) is 7.11 Å². The zero-order valence-corrected chi connectivity index (χ0v) is 16.3. The number of nitrogens with zero attached hydrogens (tertiary/aromatic N) is 2. The fraction of sp³-hybridized carbons (Fsp3) is 0.292. The molecule has 1 unspecified atom stereocenters. The van der Waals surface area contributed by atoms with E-state index in [2.05, 4.69) is 59.3 Å². The van der Waals surface area contributed by atoms with Gasteiger partial charge in [0.25, 0.3) is 0 Å². The summed E-state index contributed by atoms with van der Waals surface area (Å²) in [6, 6.07) is 19.2. The first kappa shape index (κ1) is 17.1. The minimum absolute atomic E-state index is 0.149. The first-order valence-corrected chi connectivity index (χ1v) is 9.85. The van der Waals surface area contributed by atoms with Crippen LogP contribution in [0.25, 0.3) is 0 Å². The van der Waals surface area contributed by atoms with Gasteiger partial charge < -0.3 is 14.4 Å². The van der Waals surface area contributed by atoms with Crippen molar-refractivity contribution < 1.29 is 9.47 Å². The molecule has 2 heterocycles. The molecule has 28 heavy (non-hydrogen) atoms. The van der Waals surface area contributed by atoms with Gasteiger partial charge in [0.15, 0.2) is 11.5 Å². The second kappa shape index (κ2) is 6.86. The highest BCUT2D eigenvalue weighted by atomic mass is 16.5. The van der Waals surface area contributed by atoms with Crippen molar-refractivity contribution in [2.75, 3.05) is 12.0 Å². The first-order chi connectivity index (χ1) is 13.7. The van der Waals surface area contributed by atoms with Gasteiger partial charge in [-0.1, -0.05) is 30.3 Å². The third-order valence-corrected chi connectivity index (χ3v) is 5.92. The monoisotopic (exact) mass is 372 g/mol. The molecule has 2 aliphatic rings. The summed E-state index contributed by atoms with van der Waals surface area (Å²) in [6.07, 6.45) is 3.91. The molecule has 1 aliphatic heterocycles. The quantitative estimate of drug-likeness (QED) is 0.664. The van der Waals surface area contributed by atoms with Gasteiger partial charge in [0.2, 0.25) is 0 Å². The van der Waals surface area contributed by atoms with Crippen molar-refractivity contribution in [3.05, 3.63) is 83.2 Å². The third-order valence-electron chi connectivity index (χ3n) is 5.92. The van der Waals surface area contributed by atoms with Crippen LogP contribution in [0.15, 0.2) is 60.8 Å². The minimum Gasteiger partial charge on any atom is -0.493 e. The predicted molar refractivity (Wildman–Crippen MR) is 110 cm³/mol. The molecule has 0 saturated heterocycles. The van der Waals surface area contributed by atoms with E-state index in [0.29, 0.717) is 0 Å². The number of hydrogen-bond donors (Lipinski definition) is 0. The van der Waals surface area contributed by atoms with Crippen molar-refractivity contribution in [2.24, 2.45) is 0 Å². The van der Waals surface area contributed by atoms with Crippen molar-refractivity contribution in [3.63, 3.8) is 0 Å². The molecule has 0 amide bonds. The molecule has 1 aliphatic carbocycles. The highest BCUT2D eigenvalue weighted by Gasteiger charge is 2.29. The highest BCUT2D eigenvalue weighted by molar-refractivity contribution is 5.59. The summed E-state index contributed by atoms with van der Waals surface area (Å²) in [5.74, 6) is 1.59. The molecular weight excluding hydrogens is 348 g/mol. The van der Waals surface area contributed by atoms with Gasteiger partial charge >= 0.3 is 0 Å². The van der Waals surface area contributed by atoms with Crippen LogP contribution in [0.5, 0.6) is 11.5 Å². The second-order valence-corrected chi connectivity index (χ2v) is 7.60. The summed E-state index contributed by atoms with van der Waals surface area (Å²) >= 11 is 0. The van der Waals surface area contributed by atoms with Crippen LogP contribution in [0, 0.1) is 0 Å². The maximum Gasteiger partial charge on any atom is 0.163 e. The zero-order valence-electron chi connectivity index (χ0n) is 16.3. The molecular formula is C24H24N2O2. The number of hydrogen-bond acceptors (Lipinski definition) is 4. The third kappa shape index (κ3) is 2.89. The van der Waals surface area contributed by atoms with Gasteiger partial charge in [-0.2, -0.15) is 0 Å². The molecule has 0 spiro atoms. The minimum atomic E-state index is 0.149. The molecule has 4 nitrogen and oxygen atoms in total. The summed E-state index contributed by atoms with van der Waals surface area (Å²) in [4.78, 5) is 6.95. The smallest absolute Gasteiger partial charge is 0.163 e. The van der Waals surface area contributed by atoms with Gasteiger partial charge in [0.05, 0.1) is 18.8 Å². The van der Waals surface area contributed by atoms with Crippen molar-refractivity contribution in [1.29, 1.82) is 0 Å². The van der Waals surface area contributed by atoms with Crippen LogP contribution >= 0.6 is 0 Å². The van der Waals surface area contributed by atoms with Crippen molar-refractivity contribution in [3.8, 4) is 11.5 Å². The van der Waals surface area contributed by atoms with Crippen molar-refractivity contribution >= 4 is 5.69 Å². The number of rotatable bonds is 4. The van der Waals surface area contributed by atoms with Gasteiger partial charge in [-0.05, 0) is 41.8 Å². The van der Waals surface area contributed by atoms with E-state index in [9.17, 15) is 0 Å². The largest absolute Gasteiger partial charge is 0.493 e. The maximum absolute atomic E-state index is 6.43. The Balaban J connectivity index is 1.41. The van der Waals surface area contributed by atoms with Crippen LogP contribution < -0.4 is 14.4 Å². The number of methoxy groups -OCH3 is 1. The molecule has 0 N–H and O–H groups in total.